The average Bonchev–Trinajstić information content (AvgIpc) is 2.44. The molecule has 0 amide bonds. The van der Waals surface area contributed by atoms with Crippen LogP contribution >= 0.6 is 11.6 Å². The van der Waals surface area contributed by atoms with Gasteiger partial charge in [-0.25, -0.2) is 0 Å². The summed E-state index contributed by atoms with van der Waals surface area (Å²) in [6.45, 7) is 1.12. The first-order valence-electron chi connectivity index (χ1n) is 5.95. The third-order valence-corrected chi connectivity index (χ3v) is 4.09. The van der Waals surface area contributed by atoms with E-state index in [4.69, 9.17) is 11.6 Å². The summed E-state index contributed by atoms with van der Waals surface area (Å²) >= 11 is 6.31. The molecule has 1 atom stereocenters. The van der Waals surface area contributed by atoms with E-state index in [9.17, 15) is 0 Å². The zero-order valence-corrected chi connectivity index (χ0v) is 10.3. The SMILES string of the molecule is CN1C=Cc2ccc(Cl)c3c2C(CCC3)C1. The Morgan fingerprint density at radius 1 is 1.38 bits per heavy atom. The summed E-state index contributed by atoms with van der Waals surface area (Å²) in [5, 5.41) is 0.960. The van der Waals surface area contributed by atoms with E-state index in [1.807, 2.05) is 6.07 Å². The molecule has 1 unspecified atom stereocenters. The Morgan fingerprint density at radius 3 is 3.12 bits per heavy atom. The lowest BCUT2D eigenvalue weighted by Crippen LogP contribution is -2.22. The van der Waals surface area contributed by atoms with Gasteiger partial charge in [-0.3, -0.25) is 0 Å². The van der Waals surface area contributed by atoms with Gasteiger partial charge in [0, 0.05) is 24.5 Å². The van der Waals surface area contributed by atoms with Gasteiger partial charge in [-0.1, -0.05) is 17.7 Å². The number of rotatable bonds is 0. The van der Waals surface area contributed by atoms with Crippen LogP contribution in [0.4, 0.5) is 0 Å². The van der Waals surface area contributed by atoms with Crippen molar-refractivity contribution in [3.05, 3.63) is 40.0 Å². The summed E-state index contributed by atoms with van der Waals surface area (Å²) in [7, 11) is 2.15. The van der Waals surface area contributed by atoms with E-state index in [2.05, 4.69) is 30.3 Å². The monoisotopic (exact) mass is 233 g/mol. The molecule has 1 nitrogen and oxygen atoms in total. The summed E-state index contributed by atoms with van der Waals surface area (Å²) in [4.78, 5) is 2.29. The number of nitrogens with zero attached hydrogens (tertiary/aromatic N) is 1. The summed E-state index contributed by atoms with van der Waals surface area (Å²) < 4.78 is 0. The van der Waals surface area contributed by atoms with E-state index in [0.29, 0.717) is 5.92 Å². The van der Waals surface area contributed by atoms with Crippen molar-refractivity contribution >= 4 is 17.7 Å². The largest absolute Gasteiger partial charge is 0.380 e. The standard InChI is InChI=1S/C14H16ClN/c1-16-8-7-10-5-6-13(15)12-4-2-3-11(9-16)14(10)12/h5-8,11H,2-4,9H2,1H3. The van der Waals surface area contributed by atoms with Gasteiger partial charge in [0.05, 0.1) is 0 Å². The second-order valence-corrected chi connectivity index (χ2v) is 5.28. The molecule has 0 saturated heterocycles. The Kier molecular flexibility index (Phi) is 2.44. The molecular formula is C14H16ClN. The first-order chi connectivity index (χ1) is 7.75. The zero-order valence-electron chi connectivity index (χ0n) is 9.54. The molecule has 84 valence electrons. The second kappa shape index (κ2) is 3.81. The van der Waals surface area contributed by atoms with E-state index in [0.717, 1.165) is 18.0 Å². The number of hydrogen-bond acceptors (Lipinski definition) is 1. The van der Waals surface area contributed by atoms with Crippen molar-refractivity contribution in [2.45, 2.75) is 25.2 Å². The third-order valence-electron chi connectivity index (χ3n) is 3.74. The highest BCUT2D eigenvalue weighted by molar-refractivity contribution is 6.31. The van der Waals surface area contributed by atoms with E-state index in [-0.39, 0.29) is 0 Å². The molecule has 1 aliphatic carbocycles. The molecule has 0 aromatic heterocycles. The Labute approximate surface area is 102 Å². The molecule has 2 aliphatic rings. The van der Waals surface area contributed by atoms with E-state index < -0.39 is 0 Å². The van der Waals surface area contributed by atoms with Crippen LogP contribution in [0.15, 0.2) is 18.3 Å². The maximum atomic E-state index is 6.31. The predicted octanol–water partition coefficient (Wildman–Crippen LogP) is 3.68. The van der Waals surface area contributed by atoms with Crippen molar-refractivity contribution in [3.8, 4) is 0 Å². The molecule has 1 heterocycles. The number of hydrogen-bond donors (Lipinski definition) is 0. The minimum atomic E-state index is 0.664. The molecule has 0 saturated carbocycles. The number of benzene rings is 1. The van der Waals surface area contributed by atoms with Crippen LogP contribution in [0.3, 0.4) is 0 Å². The molecule has 0 fully saturated rings. The van der Waals surface area contributed by atoms with E-state index >= 15 is 0 Å². The lowest BCUT2D eigenvalue weighted by molar-refractivity contribution is 0.390. The van der Waals surface area contributed by atoms with Crippen molar-refractivity contribution < 1.29 is 0 Å². The van der Waals surface area contributed by atoms with Gasteiger partial charge < -0.3 is 4.90 Å². The topological polar surface area (TPSA) is 3.24 Å². The highest BCUT2D eigenvalue weighted by Gasteiger charge is 2.26. The van der Waals surface area contributed by atoms with Crippen molar-refractivity contribution in [2.75, 3.05) is 13.6 Å². The second-order valence-electron chi connectivity index (χ2n) is 4.87. The Balaban J connectivity index is 2.20. The van der Waals surface area contributed by atoms with Crippen LogP contribution in [0.2, 0.25) is 5.02 Å². The van der Waals surface area contributed by atoms with Crippen LogP contribution in [0, 0.1) is 0 Å². The quantitative estimate of drug-likeness (QED) is 0.661. The Morgan fingerprint density at radius 2 is 2.25 bits per heavy atom. The molecule has 3 rings (SSSR count). The maximum Gasteiger partial charge on any atom is 0.0441 e. The van der Waals surface area contributed by atoms with Gasteiger partial charge in [-0.05, 0) is 54.3 Å². The van der Waals surface area contributed by atoms with Gasteiger partial charge >= 0.3 is 0 Å². The molecular weight excluding hydrogens is 218 g/mol. The van der Waals surface area contributed by atoms with Crippen molar-refractivity contribution in [2.24, 2.45) is 0 Å². The smallest absolute Gasteiger partial charge is 0.0441 e. The fourth-order valence-corrected chi connectivity index (χ4v) is 3.27. The van der Waals surface area contributed by atoms with Crippen LogP contribution in [0.1, 0.15) is 35.4 Å². The average molecular weight is 234 g/mol. The van der Waals surface area contributed by atoms with Gasteiger partial charge in [0.25, 0.3) is 0 Å². The van der Waals surface area contributed by atoms with Crippen molar-refractivity contribution in [3.63, 3.8) is 0 Å². The highest BCUT2D eigenvalue weighted by atomic mass is 35.5. The molecule has 1 aliphatic heterocycles. The fourth-order valence-electron chi connectivity index (χ4n) is 3.01. The number of halogens is 1. The van der Waals surface area contributed by atoms with E-state index in [1.54, 1.807) is 0 Å². The summed E-state index contributed by atoms with van der Waals surface area (Å²) in [5.74, 6) is 0.664. The van der Waals surface area contributed by atoms with Crippen LogP contribution in [-0.4, -0.2) is 18.5 Å². The minimum Gasteiger partial charge on any atom is -0.380 e. The van der Waals surface area contributed by atoms with Crippen LogP contribution in [-0.2, 0) is 6.42 Å². The lowest BCUT2D eigenvalue weighted by Gasteiger charge is -2.28. The van der Waals surface area contributed by atoms with Gasteiger partial charge in [0.15, 0.2) is 0 Å². The normalized spacial score (nSPS) is 22.9. The van der Waals surface area contributed by atoms with Crippen molar-refractivity contribution in [1.29, 1.82) is 0 Å². The predicted molar refractivity (Wildman–Crippen MR) is 68.8 cm³/mol. The highest BCUT2D eigenvalue weighted by Crippen LogP contribution is 2.39. The summed E-state index contributed by atoms with van der Waals surface area (Å²) in [6, 6.07) is 4.21. The molecule has 2 heteroatoms. The van der Waals surface area contributed by atoms with Gasteiger partial charge in [0.2, 0.25) is 0 Å². The molecule has 0 bridgehead atoms. The first kappa shape index (κ1) is 10.2. The molecule has 1 aromatic carbocycles. The Hall–Kier alpha value is -0.950. The van der Waals surface area contributed by atoms with Crippen LogP contribution in [0.25, 0.3) is 6.08 Å². The van der Waals surface area contributed by atoms with Gasteiger partial charge in [0.1, 0.15) is 0 Å². The first-order valence-corrected chi connectivity index (χ1v) is 6.33. The Bertz CT molecular complexity index is 450. The fraction of sp³-hybridized carbons (Fsp3) is 0.429. The molecule has 0 N–H and O–H groups in total. The van der Waals surface area contributed by atoms with Gasteiger partial charge in [-0.15, -0.1) is 0 Å². The molecule has 0 radical (unpaired) electrons. The van der Waals surface area contributed by atoms with Crippen LogP contribution in [0.5, 0.6) is 0 Å². The zero-order chi connectivity index (χ0) is 11.1. The molecule has 16 heavy (non-hydrogen) atoms. The van der Waals surface area contributed by atoms with Gasteiger partial charge in [-0.2, -0.15) is 0 Å². The minimum absolute atomic E-state index is 0.664. The molecule has 1 aromatic rings. The summed E-state index contributed by atoms with van der Waals surface area (Å²) in [6.07, 6.45) is 8.12. The van der Waals surface area contributed by atoms with Crippen molar-refractivity contribution in [1.82, 2.24) is 4.90 Å². The lowest BCUT2D eigenvalue weighted by atomic mass is 9.80. The molecule has 0 spiro atoms. The van der Waals surface area contributed by atoms with Crippen LogP contribution < -0.4 is 0 Å². The van der Waals surface area contributed by atoms with E-state index in [1.165, 1.54) is 29.5 Å². The maximum absolute atomic E-state index is 6.31. The third kappa shape index (κ3) is 1.54. The number of likely N-dealkylation sites (N-methyl/N-ethyl adjacent to an activating group) is 1. The summed E-state index contributed by atoms with van der Waals surface area (Å²) in [5.41, 5.74) is 4.28.